The molecule has 1 aromatic rings. The Balaban J connectivity index is 3.16. The quantitative estimate of drug-likeness (QED) is 0.788. The summed E-state index contributed by atoms with van der Waals surface area (Å²) in [5, 5.41) is 0. The van der Waals surface area contributed by atoms with E-state index in [2.05, 4.69) is 19.9 Å². The summed E-state index contributed by atoms with van der Waals surface area (Å²) in [6.07, 6.45) is 0. The number of hydrogen-bond acceptors (Lipinski definition) is 2. The van der Waals surface area contributed by atoms with Crippen LogP contribution in [0.5, 0.6) is 0 Å². The van der Waals surface area contributed by atoms with Gasteiger partial charge in [-0.25, -0.2) is 0 Å². The van der Waals surface area contributed by atoms with Crippen molar-refractivity contribution < 1.29 is 4.79 Å². The first kappa shape index (κ1) is 11.7. The lowest BCUT2D eigenvalue weighted by Gasteiger charge is -2.14. The van der Waals surface area contributed by atoms with E-state index in [0.717, 1.165) is 11.1 Å². The third-order valence-corrected chi connectivity index (χ3v) is 2.61. The van der Waals surface area contributed by atoms with E-state index in [9.17, 15) is 4.79 Å². The van der Waals surface area contributed by atoms with Crippen LogP contribution in [0.15, 0.2) is 18.2 Å². The summed E-state index contributed by atoms with van der Waals surface area (Å²) in [5.74, 6) is -0.0663. The van der Waals surface area contributed by atoms with E-state index in [4.69, 9.17) is 11.5 Å². The van der Waals surface area contributed by atoms with Gasteiger partial charge in [-0.05, 0) is 29.5 Å². The van der Waals surface area contributed by atoms with Gasteiger partial charge < -0.3 is 11.5 Å². The van der Waals surface area contributed by atoms with Gasteiger partial charge in [-0.3, -0.25) is 4.79 Å². The summed E-state index contributed by atoms with van der Waals surface area (Å²) in [4.78, 5) is 11.0. The average Bonchev–Trinajstić information content (AvgIpc) is 2.16. The summed E-state index contributed by atoms with van der Waals surface area (Å²) in [5.41, 5.74) is 13.9. The molecule has 1 atom stereocenters. The van der Waals surface area contributed by atoms with Gasteiger partial charge in [0.15, 0.2) is 0 Å². The molecule has 0 aliphatic heterocycles. The van der Waals surface area contributed by atoms with Gasteiger partial charge >= 0.3 is 0 Å². The Morgan fingerprint density at radius 1 is 1.33 bits per heavy atom. The molecule has 0 aliphatic rings. The molecule has 0 saturated heterocycles. The van der Waals surface area contributed by atoms with E-state index in [1.165, 1.54) is 5.56 Å². The number of carbonyl (C=O) groups excluding carboxylic acids is 1. The van der Waals surface area contributed by atoms with Crippen molar-refractivity contribution in [3.63, 3.8) is 0 Å². The molecule has 0 bridgehead atoms. The highest BCUT2D eigenvalue weighted by Gasteiger charge is 2.15. The number of carbonyl (C=O) groups is 1. The normalized spacial score (nSPS) is 12.9. The van der Waals surface area contributed by atoms with E-state index < -0.39 is 11.9 Å². The van der Waals surface area contributed by atoms with Gasteiger partial charge in [-0.2, -0.15) is 0 Å². The second kappa shape index (κ2) is 4.45. The van der Waals surface area contributed by atoms with Crippen LogP contribution in [0, 0.1) is 6.92 Å². The number of benzene rings is 1. The molecule has 0 saturated carbocycles. The van der Waals surface area contributed by atoms with Crippen molar-refractivity contribution in [2.24, 2.45) is 11.5 Å². The van der Waals surface area contributed by atoms with Crippen molar-refractivity contribution in [1.29, 1.82) is 0 Å². The Morgan fingerprint density at radius 3 is 2.40 bits per heavy atom. The van der Waals surface area contributed by atoms with Crippen LogP contribution in [0.1, 0.15) is 42.5 Å². The maximum atomic E-state index is 11.0. The summed E-state index contributed by atoms with van der Waals surface area (Å²) in [7, 11) is 0. The summed E-state index contributed by atoms with van der Waals surface area (Å²) in [6, 6.07) is 5.30. The topological polar surface area (TPSA) is 69.1 Å². The van der Waals surface area contributed by atoms with Crippen LogP contribution in [-0.2, 0) is 4.79 Å². The van der Waals surface area contributed by atoms with Crippen molar-refractivity contribution in [3.8, 4) is 0 Å². The summed E-state index contributed by atoms with van der Waals surface area (Å²) >= 11 is 0. The Hall–Kier alpha value is -1.35. The molecule has 0 spiro atoms. The first-order valence-electron chi connectivity index (χ1n) is 5.08. The van der Waals surface area contributed by atoms with Crippen LogP contribution in [0.4, 0.5) is 0 Å². The van der Waals surface area contributed by atoms with Gasteiger partial charge in [0, 0.05) is 0 Å². The predicted octanol–water partition coefficient (Wildman–Crippen LogP) is 1.60. The van der Waals surface area contributed by atoms with Crippen molar-refractivity contribution >= 4 is 5.91 Å². The molecule has 1 rings (SSSR count). The Morgan fingerprint density at radius 2 is 1.93 bits per heavy atom. The molecule has 3 heteroatoms. The SMILES string of the molecule is Cc1ccc(C(C)C)cc1C(N)C(N)=O. The summed E-state index contributed by atoms with van der Waals surface area (Å²) < 4.78 is 0. The molecule has 1 unspecified atom stereocenters. The zero-order valence-electron chi connectivity index (χ0n) is 9.45. The van der Waals surface area contributed by atoms with Crippen LogP contribution in [0.25, 0.3) is 0 Å². The fourth-order valence-electron chi connectivity index (χ4n) is 1.51. The molecule has 4 N–H and O–H groups in total. The molecule has 3 nitrogen and oxygen atoms in total. The van der Waals surface area contributed by atoms with E-state index in [0.29, 0.717) is 5.92 Å². The second-order valence-electron chi connectivity index (χ2n) is 4.15. The van der Waals surface area contributed by atoms with E-state index in [1.54, 1.807) is 0 Å². The molecule has 0 fully saturated rings. The largest absolute Gasteiger partial charge is 0.368 e. The minimum Gasteiger partial charge on any atom is -0.368 e. The van der Waals surface area contributed by atoms with Gasteiger partial charge in [0.05, 0.1) is 0 Å². The average molecular weight is 206 g/mol. The van der Waals surface area contributed by atoms with Crippen molar-refractivity contribution in [2.75, 3.05) is 0 Å². The van der Waals surface area contributed by atoms with Crippen LogP contribution >= 0.6 is 0 Å². The molecule has 15 heavy (non-hydrogen) atoms. The van der Waals surface area contributed by atoms with E-state index in [-0.39, 0.29) is 0 Å². The molecule has 1 amide bonds. The molecular formula is C12H18N2O. The Bertz CT molecular complexity index is 372. The Labute approximate surface area is 90.5 Å². The number of rotatable bonds is 3. The molecule has 82 valence electrons. The third-order valence-electron chi connectivity index (χ3n) is 2.61. The Kier molecular flexibility index (Phi) is 3.48. The number of aryl methyl sites for hydroxylation is 1. The lowest BCUT2D eigenvalue weighted by Crippen LogP contribution is -2.28. The summed E-state index contributed by atoms with van der Waals surface area (Å²) in [6.45, 7) is 6.14. The predicted molar refractivity (Wildman–Crippen MR) is 61.4 cm³/mol. The van der Waals surface area contributed by atoms with Crippen LogP contribution in [-0.4, -0.2) is 5.91 Å². The highest BCUT2D eigenvalue weighted by atomic mass is 16.1. The van der Waals surface area contributed by atoms with E-state index in [1.807, 2.05) is 19.1 Å². The maximum Gasteiger partial charge on any atom is 0.238 e. The van der Waals surface area contributed by atoms with Crippen molar-refractivity contribution in [1.82, 2.24) is 0 Å². The van der Waals surface area contributed by atoms with Gasteiger partial charge in [-0.15, -0.1) is 0 Å². The second-order valence-corrected chi connectivity index (χ2v) is 4.15. The smallest absolute Gasteiger partial charge is 0.238 e. The van der Waals surface area contributed by atoms with Crippen LogP contribution in [0.3, 0.4) is 0 Å². The molecule has 1 aromatic carbocycles. The molecule has 0 aromatic heterocycles. The van der Waals surface area contributed by atoms with Crippen molar-refractivity contribution in [3.05, 3.63) is 34.9 Å². The molecule has 0 radical (unpaired) electrons. The van der Waals surface area contributed by atoms with E-state index >= 15 is 0 Å². The third kappa shape index (κ3) is 2.57. The van der Waals surface area contributed by atoms with Gasteiger partial charge in [0.2, 0.25) is 5.91 Å². The highest BCUT2D eigenvalue weighted by Crippen LogP contribution is 2.22. The molecule has 0 heterocycles. The van der Waals surface area contributed by atoms with Gasteiger partial charge in [0.1, 0.15) is 6.04 Å². The zero-order valence-corrected chi connectivity index (χ0v) is 9.45. The zero-order chi connectivity index (χ0) is 11.6. The van der Waals surface area contributed by atoms with Crippen molar-refractivity contribution in [2.45, 2.75) is 32.7 Å². The van der Waals surface area contributed by atoms with Crippen LogP contribution in [0.2, 0.25) is 0 Å². The number of nitrogens with two attached hydrogens (primary N) is 2. The first-order valence-corrected chi connectivity index (χ1v) is 5.08. The maximum absolute atomic E-state index is 11.0. The number of amides is 1. The monoisotopic (exact) mass is 206 g/mol. The highest BCUT2D eigenvalue weighted by molar-refractivity contribution is 5.81. The van der Waals surface area contributed by atoms with Gasteiger partial charge in [0.25, 0.3) is 0 Å². The minimum atomic E-state index is -0.705. The minimum absolute atomic E-state index is 0.421. The molecular weight excluding hydrogens is 188 g/mol. The fraction of sp³-hybridized carbons (Fsp3) is 0.417. The lowest BCUT2D eigenvalue weighted by atomic mass is 9.94. The first-order chi connectivity index (χ1) is 6.93. The number of primary amides is 1. The fourth-order valence-corrected chi connectivity index (χ4v) is 1.51. The lowest BCUT2D eigenvalue weighted by molar-refractivity contribution is -0.119. The standard InChI is InChI=1S/C12H18N2O/c1-7(2)9-5-4-8(3)10(6-9)11(13)12(14)15/h4-7,11H,13H2,1-3H3,(H2,14,15). The molecule has 0 aliphatic carbocycles. The van der Waals surface area contributed by atoms with Crippen LogP contribution < -0.4 is 11.5 Å². The number of hydrogen-bond donors (Lipinski definition) is 2. The van der Waals surface area contributed by atoms with Gasteiger partial charge in [-0.1, -0.05) is 32.0 Å².